The Labute approximate surface area is 149 Å². The van der Waals surface area contributed by atoms with E-state index in [1.807, 2.05) is 34.9 Å². The fourth-order valence-corrected chi connectivity index (χ4v) is 3.19. The lowest BCUT2D eigenvalue weighted by molar-refractivity contribution is -0.127. The Kier molecular flexibility index (Phi) is 5.45. The first-order valence-corrected chi connectivity index (χ1v) is 8.68. The average molecular weight is 356 g/mol. The van der Waals surface area contributed by atoms with Gasteiger partial charge in [-0.05, 0) is 29.8 Å². The summed E-state index contributed by atoms with van der Waals surface area (Å²) in [6.45, 7) is 0.364. The molecule has 1 heterocycles. The number of carbonyl (C=O) groups is 1. The number of para-hydroxylation sites is 1. The molecule has 25 heavy (non-hydrogen) atoms. The number of rotatable bonds is 6. The van der Waals surface area contributed by atoms with Crippen molar-refractivity contribution < 1.29 is 9.18 Å². The molecule has 3 rings (SSSR count). The molecule has 0 atom stereocenters. The minimum absolute atomic E-state index is 0.0585. The molecule has 7 heteroatoms. The van der Waals surface area contributed by atoms with Crippen LogP contribution in [0, 0.1) is 5.82 Å². The molecule has 0 saturated carbocycles. The highest BCUT2D eigenvalue weighted by molar-refractivity contribution is 7.99. The lowest BCUT2D eigenvalue weighted by Gasteiger charge is -2.17. The molecule has 0 fully saturated rings. The molecule has 0 unspecified atom stereocenters. The standard InChI is InChI=1S/C18H17FN4OS/c1-22(11-14-6-5-7-15(19)10-14)17(24)12-25-18-21-20-13-23(18)16-8-3-2-4-9-16/h2-10,13H,11-12H2,1H3. The highest BCUT2D eigenvalue weighted by Gasteiger charge is 2.13. The highest BCUT2D eigenvalue weighted by atomic mass is 32.2. The van der Waals surface area contributed by atoms with E-state index in [4.69, 9.17) is 0 Å². The Balaban J connectivity index is 1.60. The zero-order valence-electron chi connectivity index (χ0n) is 13.7. The van der Waals surface area contributed by atoms with Gasteiger partial charge in [-0.25, -0.2) is 4.39 Å². The summed E-state index contributed by atoms with van der Waals surface area (Å²) in [5.74, 6) is -0.127. The summed E-state index contributed by atoms with van der Waals surface area (Å²) in [5.41, 5.74) is 1.70. The van der Waals surface area contributed by atoms with Crippen LogP contribution in [-0.4, -0.2) is 38.4 Å². The van der Waals surface area contributed by atoms with Crippen LogP contribution in [0.25, 0.3) is 5.69 Å². The molecule has 2 aromatic carbocycles. The Morgan fingerprint density at radius 3 is 2.76 bits per heavy atom. The van der Waals surface area contributed by atoms with Crippen LogP contribution in [0.15, 0.2) is 66.1 Å². The summed E-state index contributed by atoms with van der Waals surface area (Å²) in [4.78, 5) is 13.9. The maximum absolute atomic E-state index is 13.2. The van der Waals surface area contributed by atoms with Gasteiger partial charge in [0.25, 0.3) is 0 Å². The van der Waals surface area contributed by atoms with E-state index in [-0.39, 0.29) is 17.5 Å². The zero-order valence-corrected chi connectivity index (χ0v) is 14.5. The van der Waals surface area contributed by atoms with Crippen LogP contribution in [0.2, 0.25) is 0 Å². The number of hydrogen-bond donors (Lipinski definition) is 0. The van der Waals surface area contributed by atoms with Gasteiger partial charge in [-0.15, -0.1) is 10.2 Å². The topological polar surface area (TPSA) is 51.0 Å². The van der Waals surface area contributed by atoms with Gasteiger partial charge in [-0.1, -0.05) is 42.1 Å². The van der Waals surface area contributed by atoms with Crippen LogP contribution in [-0.2, 0) is 11.3 Å². The first-order chi connectivity index (χ1) is 12.1. The van der Waals surface area contributed by atoms with E-state index in [0.717, 1.165) is 11.3 Å². The lowest BCUT2D eigenvalue weighted by atomic mass is 10.2. The molecular weight excluding hydrogens is 339 g/mol. The summed E-state index contributed by atoms with van der Waals surface area (Å²) in [5, 5.41) is 8.65. The quantitative estimate of drug-likeness (QED) is 0.637. The molecule has 3 aromatic rings. The number of hydrogen-bond acceptors (Lipinski definition) is 4. The number of amides is 1. The Bertz CT molecular complexity index is 853. The van der Waals surface area contributed by atoms with Crippen molar-refractivity contribution in [3.63, 3.8) is 0 Å². The predicted octanol–water partition coefficient (Wildman–Crippen LogP) is 3.16. The Morgan fingerprint density at radius 2 is 2.00 bits per heavy atom. The third-order valence-corrected chi connectivity index (χ3v) is 4.54. The molecule has 0 aliphatic carbocycles. The van der Waals surface area contributed by atoms with Gasteiger partial charge in [0.1, 0.15) is 12.1 Å². The third kappa shape index (κ3) is 4.45. The molecule has 0 aliphatic heterocycles. The van der Waals surface area contributed by atoms with Gasteiger partial charge < -0.3 is 4.90 Å². The van der Waals surface area contributed by atoms with Crippen molar-refractivity contribution in [2.24, 2.45) is 0 Å². The van der Waals surface area contributed by atoms with Crippen LogP contribution in [0.3, 0.4) is 0 Å². The zero-order chi connectivity index (χ0) is 17.6. The normalized spacial score (nSPS) is 10.6. The van der Waals surface area contributed by atoms with E-state index in [1.54, 1.807) is 30.4 Å². The molecule has 0 aliphatic rings. The second-order valence-electron chi connectivity index (χ2n) is 5.49. The smallest absolute Gasteiger partial charge is 0.233 e. The minimum atomic E-state index is -0.302. The molecule has 0 spiro atoms. The molecule has 0 N–H and O–H groups in total. The van der Waals surface area contributed by atoms with E-state index < -0.39 is 0 Å². The van der Waals surface area contributed by atoms with Gasteiger partial charge in [-0.3, -0.25) is 9.36 Å². The fourth-order valence-electron chi connectivity index (χ4n) is 2.32. The molecule has 1 amide bonds. The summed E-state index contributed by atoms with van der Waals surface area (Å²) in [6.07, 6.45) is 1.62. The van der Waals surface area contributed by atoms with Gasteiger partial charge >= 0.3 is 0 Å². The predicted molar refractivity (Wildman–Crippen MR) is 95.0 cm³/mol. The van der Waals surface area contributed by atoms with E-state index >= 15 is 0 Å². The molecule has 1 aromatic heterocycles. The second-order valence-corrected chi connectivity index (χ2v) is 6.43. The molecule has 0 bridgehead atoms. The molecular formula is C18H17FN4OS. The highest BCUT2D eigenvalue weighted by Crippen LogP contribution is 2.19. The van der Waals surface area contributed by atoms with Crippen molar-refractivity contribution in [2.75, 3.05) is 12.8 Å². The van der Waals surface area contributed by atoms with Gasteiger partial charge in [0.2, 0.25) is 5.91 Å². The third-order valence-electron chi connectivity index (χ3n) is 3.61. The van der Waals surface area contributed by atoms with Crippen molar-refractivity contribution in [1.29, 1.82) is 0 Å². The monoisotopic (exact) mass is 356 g/mol. The SMILES string of the molecule is CN(Cc1cccc(F)c1)C(=O)CSc1nncn1-c1ccccc1. The first-order valence-electron chi connectivity index (χ1n) is 7.70. The van der Waals surface area contributed by atoms with E-state index in [1.165, 1.54) is 23.9 Å². The van der Waals surface area contributed by atoms with Gasteiger partial charge in [0.05, 0.1) is 5.75 Å². The second kappa shape index (κ2) is 7.94. The van der Waals surface area contributed by atoms with Crippen LogP contribution >= 0.6 is 11.8 Å². The van der Waals surface area contributed by atoms with Crippen LogP contribution in [0.5, 0.6) is 0 Å². The van der Waals surface area contributed by atoms with Gasteiger partial charge in [-0.2, -0.15) is 0 Å². The molecule has 5 nitrogen and oxygen atoms in total. The van der Waals surface area contributed by atoms with Gasteiger partial charge in [0.15, 0.2) is 5.16 Å². The summed E-state index contributed by atoms with van der Waals surface area (Å²) in [7, 11) is 1.70. The first kappa shape index (κ1) is 17.2. The summed E-state index contributed by atoms with van der Waals surface area (Å²) in [6, 6.07) is 16.0. The number of thioether (sulfide) groups is 1. The lowest BCUT2D eigenvalue weighted by Crippen LogP contribution is -2.27. The van der Waals surface area contributed by atoms with Crippen LogP contribution in [0.1, 0.15) is 5.56 Å². The number of aromatic nitrogens is 3. The number of benzene rings is 2. The van der Waals surface area contributed by atoms with E-state index in [0.29, 0.717) is 11.7 Å². The fraction of sp³-hybridized carbons (Fsp3) is 0.167. The number of halogens is 1. The number of nitrogens with zero attached hydrogens (tertiary/aromatic N) is 4. The van der Waals surface area contributed by atoms with Crippen molar-refractivity contribution in [1.82, 2.24) is 19.7 Å². The Morgan fingerprint density at radius 1 is 1.20 bits per heavy atom. The van der Waals surface area contributed by atoms with Crippen LogP contribution in [0.4, 0.5) is 4.39 Å². The maximum atomic E-state index is 13.2. The maximum Gasteiger partial charge on any atom is 0.233 e. The van der Waals surface area contributed by atoms with E-state index in [2.05, 4.69) is 10.2 Å². The largest absolute Gasteiger partial charge is 0.341 e. The van der Waals surface area contributed by atoms with Crippen LogP contribution < -0.4 is 0 Å². The minimum Gasteiger partial charge on any atom is -0.341 e. The van der Waals surface area contributed by atoms with Gasteiger partial charge in [0, 0.05) is 19.3 Å². The van der Waals surface area contributed by atoms with E-state index in [9.17, 15) is 9.18 Å². The van der Waals surface area contributed by atoms with Crippen molar-refractivity contribution in [3.8, 4) is 5.69 Å². The van der Waals surface area contributed by atoms with Crippen molar-refractivity contribution >= 4 is 17.7 Å². The summed E-state index contributed by atoms with van der Waals surface area (Å²) >= 11 is 1.32. The van der Waals surface area contributed by atoms with Crippen molar-refractivity contribution in [2.45, 2.75) is 11.7 Å². The Hall–Kier alpha value is -2.67. The molecule has 128 valence electrons. The molecule has 0 saturated heterocycles. The molecule has 0 radical (unpaired) electrons. The van der Waals surface area contributed by atoms with Crippen molar-refractivity contribution in [3.05, 3.63) is 72.3 Å². The average Bonchev–Trinajstić information content (AvgIpc) is 3.09. The number of carbonyl (C=O) groups excluding carboxylic acids is 1. The summed E-state index contributed by atoms with van der Waals surface area (Å²) < 4.78 is 15.1.